The second-order valence-electron chi connectivity index (χ2n) is 5.23. The Labute approximate surface area is 149 Å². The van der Waals surface area contributed by atoms with Gasteiger partial charge >= 0.3 is 11.9 Å². The number of nitrogens with one attached hydrogen (secondary N) is 1. The molecule has 0 unspecified atom stereocenters. The molecule has 8 heteroatoms. The van der Waals surface area contributed by atoms with Crippen molar-refractivity contribution in [2.24, 2.45) is 0 Å². The molecule has 0 aliphatic rings. The maximum atomic E-state index is 11.4. The minimum absolute atomic E-state index is 0.0123. The first-order valence-corrected chi connectivity index (χ1v) is 7.49. The fraction of sp³-hybridized carbons (Fsp3) is 0.167. The van der Waals surface area contributed by atoms with Crippen LogP contribution in [0.3, 0.4) is 0 Å². The zero-order chi connectivity index (χ0) is 19.3. The number of methoxy groups -OCH3 is 1. The molecule has 0 saturated heterocycles. The number of amides is 1. The first-order valence-electron chi connectivity index (χ1n) is 7.49. The van der Waals surface area contributed by atoms with Gasteiger partial charge in [-0.1, -0.05) is 6.07 Å². The van der Waals surface area contributed by atoms with Crippen LogP contribution in [0.15, 0.2) is 36.4 Å². The summed E-state index contributed by atoms with van der Waals surface area (Å²) in [5, 5.41) is 20.8. The van der Waals surface area contributed by atoms with Crippen LogP contribution in [0.25, 0.3) is 11.1 Å². The highest BCUT2D eigenvalue weighted by atomic mass is 16.5. The molecule has 2 rings (SSSR count). The highest BCUT2D eigenvalue weighted by Gasteiger charge is 2.14. The van der Waals surface area contributed by atoms with Crippen LogP contribution in [0.4, 0.5) is 0 Å². The van der Waals surface area contributed by atoms with Gasteiger partial charge in [0.05, 0.1) is 12.7 Å². The molecule has 0 radical (unpaired) electrons. The zero-order valence-corrected chi connectivity index (χ0v) is 14.1. The van der Waals surface area contributed by atoms with Crippen LogP contribution in [-0.2, 0) is 4.79 Å². The summed E-state index contributed by atoms with van der Waals surface area (Å²) in [5.41, 5.74) is 0.976. The van der Waals surface area contributed by atoms with Crippen LogP contribution >= 0.6 is 0 Å². The highest BCUT2D eigenvalue weighted by molar-refractivity contribution is 5.93. The summed E-state index contributed by atoms with van der Waals surface area (Å²) in [6, 6.07) is 8.68. The summed E-state index contributed by atoms with van der Waals surface area (Å²) in [6.07, 6.45) is 0. The molecule has 0 bridgehead atoms. The van der Waals surface area contributed by atoms with Crippen LogP contribution in [0.5, 0.6) is 11.5 Å². The average molecular weight is 359 g/mol. The van der Waals surface area contributed by atoms with Crippen molar-refractivity contribution >= 4 is 17.8 Å². The summed E-state index contributed by atoms with van der Waals surface area (Å²) in [5.74, 6) is -2.32. The van der Waals surface area contributed by atoms with E-state index < -0.39 is 11.9 Å². The lowest BCUT2D eigenvalue weighted by Gasteiger charge is -2.11. The fourth-order valence-electron chi connectivity index (χ4n) is 2.24. The second-order valence-corrected chi connectivity index (χ2v) is 5.23. The van der Waals surface area contributed by atoms with E-state index in [2.05, 4.69) is 5.32 Å². The molecule has 0 aliphatic carbocycles. The van der Waals surface area contributed by atoms with Crippen molar-refractivity contribution in [3.8, 4) is 22.6 Å². The number of carboxylic acid groups (broad SMARTS) is 2. The third-order valence-electron chi connectivity index (χ3n) is 3.57. The van der Waals surface area contributed by atoms with E-state index in [1.807, 2.05) is 0 Å². The molecule has 0 aliphatic heterocycles. The van der Waals surface area contributed by atoms with Crippen LogP contribution < -0.4 is 14.8 Å². The van der Waals surface area contributed by atoms with E-state index in [-0.39, 0.29) is 35.1 Å². The van der Waals surface area contributed by atoms with E-state index in [0.29, 0.717) is 11.1 Å². The number of aromatic carboxylic acids is 2. The van der Waals surface area contributed by atoms with Crippen molar-refractivity contribution < 1.29 is 34.1 Å². The SMILES string of the molecule is CNC(=O)COc1cc(C(=O)O)cc(-c2ccc(C(=O)O)c(OC)c2)c1. The molecule has 0 aromatic heterocycles. The van der Waals surface area contributed by atoms with Crippen LogP contribution in [-0.4, -0.2) is 48.8 Å². The van der Waals surface area contributed by atoms with Crippen molar-refractivity contribution in [1.82, 2.24) is 5.32 Å². The Hall–Kier alpha value is -3.55. The van der Waals surface area contributed by atoms with Crippen molar-refractivity contribution in [3.05, 3.63) is 47.5 Å². The monoisotopic (exact) mass is 359 g/mol. The van der Waals surface area contributed by atoms with Gasteiger partial charge in [0.25, 0.3) is 5.91 Å². The molecule has 2 aromatic rings. The Bertz CT molecular complexity index is 861. The van der Waals surface area contributed by atoms with Gasteiger partial charge in [0.1, 0.15) is 17.1 Å². The normalized spacial score (nSPS) is 10.1. The van der Waals surface area contributed by atoms with Gasteiger partial charge in [-0.15, -0.1) is 0 Å². The van der Waals surface area contributed by atoms with Gasteiger partial charge in [-0.05, 0) is 41.5 Å². The minimum atomic E-state index is -1.16. The van der Waals surface area contributed by atoms with E-state index in [0.717, 1.165) is 0 Å². The molecule has 3 N–H and O–H groups in total. The predicted molar refractivity (Wildman–Crippen MR) is 91.9 cm³/mol. The standard InChI is InChI=1S/C18H17NO7/c1-19-16(20)9-26-13-6-11(5-12(7-13)17(21)22)10-3-4-14(18(23)24)15(8-10)25-2/h3-8H,9H2,1-2H3,(H,19,20)(H,21,22)(H,23,24). The summed E-state index contributed by atoms with van der Waals surface area (Å²) >= 11 is 0. The molecule has 8 nitrogen and oxygen atoms in total. The molecule has 0 fully saturated rings. The minimum Gasteiger partial charge on any atom is -0.496 e. The Morgan fingerprint density at radius 2 is 1.73 bits per heavy atom. The summed E-state index contributed by atoms with van der Waals surface area (Å²) in [4.78, 5) is 33.9. The van der Waals surface area contributed by atoms with Crippen LogP contribution in [0.1, 0.15) is 20.7 Å². The lowest BCUT2D eigenvalue weighted by atomic mass is 10.0. The number of hydrogen-bond acceptors (Lipinski definition) is 5. The average Bonchev–Trinajstić information content (AvgIpc) is 2.64. The zero-order valence-electron chi connectivity index (χ0n) is 14.1. The van der Waals surface area contributed by atoms with Gasteiger partial charge in [0.2, 0.25) is 0 Å². The molecule has 0 atom stereocenters. The van der Waals surface area contributed by atoms with E-state index in [9.17, 15) is 19.5 Å². The number of hydrogen-bond donors (Lipinski definition) is 3. The van der Waals surface area contributed by atoms with Gasteiger partial charge in [-0.3, -0.25) is 4.79 Å². The van der Waals surface area contributed by atoms with Crippen LogP contribution in [0, 0.1) is 0 Å². The lowest BCUT2D eigenvalue weighted by molar-refractivity contribution is -0.122. The Balaban J connectivity index is 2.47. The molecular formula is C18H17NO7. The summed E-state index contributed by atoms with van der Waals surface area (Å²) in [7, 11) is 2.80. The molecule has 1 amide bonds. The molecule has 2 aromatic carbocycles. The van der Waals surface area contributed by atoms with Gasteiger partial charge in [0, 0.05) is 7.05 Å². The number of benzene rings is 2. The highest BCUT2D eigenvalue weighted by Crippen LogP contribution is 2.31. The molecular weight excluding hydrogens is 342 g/mol. The Kier molecular flexibility index (Phi) is 5.79. The molecule has 0 heterocycles. The van der Waals surface area contributed by atoms with Gasteiger partial charge in [-0.2, -0.15) is 0 Å². The third-order valence-corrected chi connectivity index (χ3v) is 3.57. The smallest absolute Gasteiger partial charge is 0.339 e. The topological polar surface area (TPSA) is 122 Å². The van der Waals surface area contributed by atoms with Gasteiger partial charge < -0.3 is 25.0 Å². The van der Waals surface area contributed by atoms with E-state index >= 15 is 0 Å². The summed E-state index contributed by atoms with van der Waals surface area (Å²) < 4.78 is 10.4. The quantitative estimate of drug-likeness (QED) is 0.690. The molecule has 136 valence electrons. The van der Waals surface area contributed by atoms with Gasteiger partial charge in [0.15, 0.2) is 6.61 Å². The maximum absolute atomic E-state index is 11.4. The van der Waals surface area contributed by atoms with E-state index in [4.69, 9.17) is 14.6 Å². The molecule has 0 spiro atoms. The molecule has 26 heavy (non-hydrogen) atoms. The number of carbonyl (C=O) groups is 3. The van der Waals surface area contributed by atoms with E-state index in [1.165, 1.54) is 44.5 Å². The number of carbonyl (C=O) groups excluding carboxylic acids is 1. The third kappa shape index (κ3) is 4.29. The first-order chi connectivity index (χ1) is 12.3. The largest absolute Gasteiger partial charge is 0.496 e. The predicted octanol–water partition coefficient (Wildman–Crippen LogP) is 1.88. The summed E-state index contributed by atoms with van der Waals surface area (Å²) in [6.45, 7) is -0.264. The number of rotatable bonds is 7. The Morgan fingerprint density at radius 1 is 1.00 bits per heavy atom. The van der Waals surface area contributed by atoms with Crippen molar-refractivity contribution in [2.75, 3.05) is 20.8 Å². The second kappa shape index (κ2) is 8.02. The Morgan fingerprint density at radius 3 is 2.31 bits per heavy atom. The first kappa shape index (κ1) is 18.8. The van der Waals surface area contributed by atoms with Crippen molar-refractivity contribution in [3.63, 3.8) is 0 Å². The van der Waals surface area contributed by atoms with Crippen molar-refractivity contribution in [1.29, 1.82) is 0 Å². The number of ether oxygens (including phenoxy) is 2. The van der Waals surface area contributed by atoms with Crippen LogP contribution in [0.2, 0.25) is 0 Å². The van der Waals surface area contributed by atoms with Crippen molar-refractivity contribution in [2.45, 2.75) is 0 Å². The maximum Gasteiger partial charge on any atom is 0.339 e. The van der Waals surface area contributed by atoms with E-state index in [1.54, 1.807) is 6.07 Å². The fourth-order valence-corrected chi connectivity index (χ4v) is 2.24. The van der Waals surface area contributed by atoms with Gasteiger partial charge in [-0.25, -0.2) is 9.59 Å². The number of carboxylic acids is 2. The molecule has 0 saturated carbocycles. The number of likely N-dealkylation sites (N-methyl/N-ethyl adjacent to an activating group) is 1. The lowest BCUT2D eigenvalue weighted by Crippen LogP contribution is -2.24.